The van der Waals surface area contributed by atoms with Gasteiger partial charge in [-0.15, -0.1) is 13.2 Å². The molecule has 1 aliphatic heterocycles. The Balaban J connectivity index is 1.63. The first kappa shape index (κ1) is 20.5. The van der Waals surface area contributed by atoms with E-state index in [1.807, 2.05) is 30.3 Å². The fourth-order valence-electron chi connectivity index (χ4n) is 3.49. The van der Waals surface area contributed by atoms with Crippen LogP contribution in [0.1, 0.15) is 47.4 Å². The molecule has 0 saturated carbocycles. The van der Waals surface area contributed by atoms with Crippen molar-refractivity contribution >= 4 is 11.8 Å². The number of benzene rings is 1. The number of hydrogen-bond acceptors (Lipinski definition) is 5. The van der Waals surface area contributed by atoms with Gasteiger partial charge in [-0.1, -0.05) is 35.5 Å². The molecule has 1 fully saturated rings. The molecule has 1 atom stereocenters. The minimum Gasteiger partial charge on any atom is -0.339 e. The fraction of sp³-hybridized carbons (Fsp3) is 0.364. The number of rotatable bonds is 9. The summed E-state index contributed by atoms with van der Waals surface area (Å²) in [6, 6.07) is 9.00. The van der Waals surface area contributed by atoms with Crippen LogP contribution in [0.15, 0.2) is 60.2 Å². The highest BCUT2D eigenvalue weighted by molar-refractivity contribution is 5.94. The topological polar surface area (TPSA) is 79.5 Å². The van der Waals surface area contributed by atoms with E-state index in [1.165, 1.54) is 0 Å². The fourth-order valence-corrected chi connectivity index (χ4v) is 3.49. The Hall–Kier alpha value is -3.22. The van der Waals surface area contributed by atoms with Gasteiger partial charge in [0.15, 0.2) is 5.82 Å². The predicted molar refractivity (Wildman–Crippen MR) is 109 cm³/mol. The third kappa shape index (κ3) is 4.99. The van der Waals surface area contributed by atoms with E-state index in [0.29, 0.717) is 43.3 Å². The Morgan fingerprint density at radius 1 is 1.21 bits per heavy atom. The zero-order valence-electron chi connectivity index (χ0n) is 16.5. The average Bonchev–Trinajstić information content (AvgIpc) is 3.41. The molecular formula is C22H26N4O3. The van der Waals surface area contributed by atoms with Crippen LogP contribution in [0.5, 0.6) is 0 Å². The van der Waals surface area contributed by atoms with Crippen molar-refractivity contribution in [2.24, 2.45) is 0 Å². The van der Waals surface area contributed by atoms with Crippen molar-refractivity contribution in [1.82, 2.24) is 19.9 Å². The van der Waals surface area contributed by atoms with Crippen LogP contribution in [0, 0.1) is 0 Å². The molecule has 7 nitrogen and oxygen atoms in total. The second kappa shape index (κ2) is 9.82. The van der Waals surface area contributed by atoms with Gasteiger partial charge in [-0.2, -0.15) is 4.98 Å². The van der Waals surface area contributed by atoms with E-state index in [0.717, 1.165) is 12.8 Å². The SMILES string of the molecule is C=CCN(CC=C)C(=O)CCc1nc(C2CCCN2C(=O)c2ccccc2)no1. The third-order valence-corrected chi connectivity index (χ3v) is 4.92. The zero-order valence-corrected chi connectivity index (χ0v) is 16.5. The van der Waals surface area contributed by atoms with Gasteiger partial charge >= 0.3 is 0 Å². The molecule has 2 heterocycles. The predicted octanol–water partition coefficient (Wildman–Crippen LogP) is 3.18. The summed E-state index contributed by atoms with van der Waals surface area (Å²) in [4.78, 5) is 33.1. The average molecular weight is 394 g/mol. The molecule has 0 bridgehead atoms. The minimum absolute atomic E-state index is 0.0219. The van der Waals surface area contributed by atoms with E-state index in [2.05, 4.69) is 23.3 Å². The van der Waals surface area contributed by atoms with Crippen molar-refractivity contribution in [2.45, 2.75) is 31.7 Å². The number of aromatic nitrogens is 2. The molecule has 152 valence electrons. The molecule has 1 aromatic heterocycles. The summed E-state index contributed by atoms with van der Waals surface area (Å²) in [5.41, 5.74) is 0.651. The Bertz CT molecular complexity index is 852. The number of nitrogens with zero attached hydrogens (tertiary/aromatic N) is 4. The molecule has 1 saturated heterocycles. The summed E-state index contributed by atoms with van der Waals surface area (Å²) < 4.78 is 5.35. The first-order valence-corrected chi connectivity index (χ1v) is 9.82. The molecular weight excluding hydrogens is 368 g/mol. The molecule has 2 aromatic rings. The maximum absolute atomic E-state index is 12.8. The highest BCUT2D eigenvalue weighted by Crippen LogP contribution is 2.31. The van der Waals surface area contributed by atoms with Crippen LogP contribution < -0.4 is 0 Å². The van der Waals surface area contributed by atoms with E-state index >= 15 is 0 Å². The molecule has 0 N–H and O–H groups in total. The van der Waals surface area contributed by atoms with Crippen molar-refractivity contribution in [3.63, 3.8) is 0 Å². The quantitative estimate of drug-likeness (QED) is 0.610. The molecule has 2 amide bonds. The Kier molecular flexibility index (Phi) is 6.94. The molecule has 1 unspecified atom stereocenters. The lowest BCUT2D eigenvalue weighted by atomic mass is 10.1. The normalized spacial score (nSPS) is 15.9. The first-order valence-electron chi connectivity index (χ1n) is 9.82. The minimum atomic E-state index is -0.200. The summed E-state index contributed by atoms with van der Waals surface area (Å²) >= 11 is 0. The maximum atomic E-state index is 12.8. The second-order valence-electron chi connectivity index (χ2n) is 6.94. The first-order chi connectivity index (χ1) is 14.1. The van der Waals surface area contributed by atoms with Gasteiger partial charge in [0, 0.05) is 38.0 Å². The summed E-state index contributed by atoms with van der Waals surface area (Å²) in [6.45, 7) is 8.95. The standard InChI is InChI=1S/C22H26N4O3/c1-3-14-25(15-4-2)20(27)13-12-19-23-21(24-29-19)18-11-8-16-26(18)22(28)17-9-6-5-7-10-17/h3-7,9-10,18H,1-2,8,11-16H2. The monoisotopic (exact) mass is 394 g/mol. The van der Waals surface area contributed by atoms with Gasteiger partial charge in [-0.25, -0.2) is 0 Å². The highest BCUT2D eigenvalue weighted by Gasteiger charge is 2.33. The van der Waals surface area contributed by atoms with Crippen LogP contribution in [-0.4, -0.2) is 51.4 Å². The van der Waals surface area contributed by atoms with E-state index in [-0.39, 0.29) is 24.3 Å². The molecule has 29 heavy (non-hydrogen) atoms. The molecule has 0 aliphatic carbocycles. The van der Waals surface area contributed by atoms with Gasteiger partial charge in [0.25, 0.3) is 5.91 Å². The number of likely N-dealkylation sites (tertiary alicyclic amines) is 1. The second-order valence-corrected chi connectivity index (χ2v) is 6.94. The van der Waals surface area contributed by atoms with E-state index < -0.39 is 0 Å². The lowest BCUT2D eigenvalue weighted by molar-refractivity contribution is -0.130. The number of carbonyl (C=O) groups excluding carboxylic acids is 2. The van der Waals surface area contributed by atoms with Crippen LogP contribution in [0.3, 0.4) is 0 Å². The van der Waals surface area contributed by atoms with Crippen molar-refractivity contribution in [1.29, 1.82) is 0 Å². The van der Waals surface area contributed by atoms with Gasteiger partial charge in [0.2, 0.25) is 11.8 Å². The maximum Gasteiger partial charge on any atom is 0.254 e. The smallest absolute Gasteiger partial charge is 0.254 e. The van der Waals surface area contributed by atoms with Gasteiger partial charge in [-0.05, 0) is 25.0 Å². The molecule has 3 rings (SSSR count). The van der Waals surface area contributed by atoms with E-state index in [1.54, 1.807) is 22.0 Å². The van der Waals surface area contributed by atoms with Crippen LogP contribution in [0.4, 0.5) is 0 Å². The summed E-state index contributed by atoms with van der Waals surface area (Å²) in [6.07, 6.45) is 5.68. The lowest BCUT2D eigenvalue weighted by Crippen LogP contribution is -2.31. The summed E-state index contributed by atoms with van der Waals surface area (Å²) in [7, 11) is 0. The van der Waals surface area contributed by atoms with Crippen LogP contribution >= 0.6 is 0 Å². The molecule has 7 heteroatoms. The Morgan fingerprint density at radius 2 is 1.93 bits per heavy atom. The van der Waals surface area contributed by atoms with Crippen molar-refractivity contribution in [2.75, 3.05) is 19.6 Å². The number of carbonyl (C=O) groups is 2. The molecule has 1 aromatic carbocycles. The third-order valence-electron chi connectivity index (χ3n) is 4.92. The number of aryl methyl sites for hydroxylation is 1. The highest BCUT2D eigenvalue weighted by atomic mass is 16.5. The summed E-state index contributed by atoms with van der Waals surface area (Å²) in [5.74, 6) is 0.859. The summed E-state index contributed by atoms with van der Waals surface area (Å²) in [5, 5.41) is 4.08. The zero-order chi connectivity index (χ0) is 20.6. The number of amides is 2. The Labute approximate surface area is 170 Å². The van der Waals surface area contributed by atoms with Crippen molar-refractivity contribution < 1.29 is 14.1 Å². The van der Waals surface area contributed by atoms with E-state index in [9.17, 15) is 9.59 Å². The van der Waals surface area contributed by atoms with E-state index in [4.69, 9.17) is 4.52 Å². The van der Waals surface area contributed by atoms with Gasteiger partial charge in [0.1, 0.15) is 0 Å². The van der Waals surface area contributed by atoms with Gasteiger partial charge in [0.05, 0.1) is 6.04 Å². The molecule has 0 radical (unpaired) electrons. The van der Waals surface area contributed by atoms with Crippen molar-refractivity contribution in [3.8, 4) is 0 Å². The molecule has 0 spiro atoms. The van der Waals surface area contributed by atoms with Gasteiger partial charge in [-0.3, -0.25) is 9.59 Å². The van der Waals surface area contributed by atoms with Crippen LogP contribution in [0.2, 0.25) is 0 Å². The van der Waals surface area contributed by atoms with Crippen LogP contribution in [0.25, 0.3) is 0 Å². The van der Waals surface area contributed by atoms with Crippen LogP contribution in [-0.2, 0) is 11.2 Å². The molecule has 1 aliphatic rings. The van der Waals surface area contributed by atoms with Gasteiger partial charge < -0.3 is 14.3 Å². The lowest BCUT2D eigenvalue weighted by Gasteiger charge is -2.22. The largest absolute Gasteiger partial charge is 0.339 e. The Morgan fingerprint density at radius 3 is 2.62 bits per heavy atom. The number of hydrogen-bond donors (Lipinski definition) is 0. The van der Waals surface area contributed by atoms with Crippen molar-refractivity contribution in [3.05, 3.63) is 72.9 Å².